The molecule has 5 nitrogen and oxygen atoms in total. The summed E-state index contributed by atoms with van der Waals surface area (Å²) < 4.78 is 24.3. The first-order valence-electron chi connectivity index (χ1n) is 5.29. The Bertz CT molecular complexity index is 698. The van der Waals surface area contributed by atoms with E-state index < -0.39 is 20.7 Å². The predicted octanol–water partition coefficient (Wildman–Crippen LogP) is 1.54. The highest BCUT2D eigenvalue weighted by molar-refractivity contribution is 9.10. The molecule has 0 aliphatic carbocycles. The van der Waals surface area contributed by atoms with Crippen LogP contribution in [0.2, 0.25) is 0 Å². The average molecular weight is 363 g/mol. The quantitative estimate of drug-likeness (QED) is 0.807. The topological polar surface area (TPSA) is 80.5 Å². The Balaban J connectivity index is 2.65. The summed E-state index contributed by atoms with van der Waals surface area (Å²) in [4.78, 5) is 12.1. The molecule has 0 unspecified atom stereocenters. The van der Waals surface area contributed by atoms with Crippen molar-refractivity contribution >= 4 is 54.8 Å². The average Bonchev–Trinajstić information content (AvgIpc) is 2.28. The molecule has 1 amide bonds. The first kappa shape index (κ1) is 14.4. The third kappa shape index (κ3) is 1.89. The number of anilines is 1. The Morgan fingerprint density at radius 1 is 1.42 bits per heavy atom. The molecule has 1 aliphatic rings. The molecule has 1 fully saturated rings. The van der Waals surface area contributed by atoms with Crippen LogP contribution in [0.15, 0.2) is 22.7 Å². The van der Waals surface area contributed by atoms with Crippen molar-refractivity contribution in [2.24, 2.45) is 5.73 Å². The second-order valence-electron chi connectivity index (χ2n) is 4.61. The molecule has 0 radical (unpaired) electrons. The molecule has 2 rings (SSSR count). The molecule has 102 valence electrons. The van der Waals surface area contributed by atoms with Gasteiger partial charge in [-0.3, -0.25) is 4.79 Å². The fraction of sp³-hybridized carbons (Fsp3) is 0.273. The lowest BCUT2D eigenvalue weighted by Gasteiger charge is -2.43. The van der Waals surface area contributed by atoms with Crippen LogP contribution in [0, 0.1) is 0 Å². The number of benzene rings is 1. The molecule has 2 N–H and O–H groups in total. The maximum Gasteiger partial charge on any atom is 0.263 e. The number of hydrogen-bond acceptors (Lipinski definition) is 4. The molecule has 0 spiro atoms. The predicted molar refractivity (Wildman–Crippen MR) is 80.5 cm³/mol. The van der Waals surface area contributed by atoms with E-state index in [9.17, 15) is 13.2 Å². The van der Waals surface area contributed by atoms with Gasteiger partial charge >= 0.3 is 0 Å². The van der Waals surface area contributed by atoms with Crippen LogP contribution in [0.1, 0.15) is 19.4 Å². The summed E-state index contributed by atoms with van der Waals surface area (Å²) in [6, 6.07) is 4.77. The Morgan fingerprint density at radius 3 is 2.47 bits per heavy atom. The van der Waals surface area contributed by atoms with Crippen LogP contribution >= 0.6 is 28.1 Å². The zero-order valence-electron chi connectivity index (χ0n) is 10.2. The maximum absolute atomic E-state index is 12.2. The van der Waals surface area contributed by atoms with Gasteiger partial charge in [0.15, 0.2) is 4.75 Å². The van der Waals surface area contributed by atoms with Crippen molar-refractivity contribution in [3.05, 3.63) is 28.2 Å². The highest BCUT2D eigenvalue weighted by Gasteiger charge is 2.61. The van der Waals surface area contributed by atoms with Crippen molar-refractivity contribution < 1.29 is 13.2 Å². The van der Waals surface area contributed by atoms with E-state index in [0.29, 0.717) is 10.0 Å². The number of nitrogens with zero attached hydrogens (tertiary/aromatic N) is 1. The summed E-state index contributed by atoms with van der Waals surface area (Å²) in [5.74, 6) is -0.497. The van der Waals surface area contributed by atoms with Gasteiger partial charge in [-0.15, -0.1) is 0 Å². The Labute approximate surface area is 124 Å². The van der Waals surface area contributed by atoms with Gasteiger partial charge in [-0.05, 0) is 32.0 Å². The summed E-state index contributed by atoms with van der Waals surface area (Å²) in [5, 5.41) is 0. The summed E-state index contributed by atoms with van der Waals surface area (Å²) in [6.07, 6.45) is 0. The molecule has 19 heavy (non-hydrogen) atoms. The Morgan fingerprint density at radius 2 is 2.00 bits per heavy atom. The van der Waals surface area contributed by atoms with Crippen molar-refractivity contribution in [3.8, 4) is 0 Å². The summed E-state index contributed by atoms with van der Waals surface area (Å²) in [6.45, 7) is 2.75. The van der Waals surface area contributed by atoms with Gasteiger partial charge in [0.25, 0.3) is 15.9 Å². The second kappa shape index (κ2) is 4.26. The van der Waals surface area contributed by atoms with Crippen molar-refractivity contribution in [2.75, 3.05) is 4.31 Å². The minimum absolute atomic E-state index is 0.0372. The van der Waals surface area contributed by atoms with Crippen molar-refractivity contribution in [2.45, 2.75) is 18.6 Å². The highest BCUT2D eigenvalue weighted by atomic mass is 79.9. The van der Waals surface area contributed by atoms with E-state index in [0.717, 1.165) is 4.31 Å². The van der Waals surface area contributed by atoms with E-state index in [1.807, 2.05) is 0 Å². The van der Waals surface area contributed by atoms with Crippen LogP contribution < -0.4 is 10.0 Å². The number of hydrogen-bond donors (Lipinski definition) is 1. The molecular weight excluding hydrogens is 352 g/mol. The Kier molecular flexibility index (Phi) is 3.23. The molecule has 8 heteroatoms. The minimum atomic E-state index is -3.73. The summed E-state index contributed by atoms with van der Waals surface area (Å²) in [7, 11) is -3.73. The van der Waals surface area contributed by atoms with Crippen LogP contribution in [0.3, 0.4) is 0 Å². The van der Waals surface area contributed by atoms with Crippen molar-refractivity contribution in [1.29, 1.82) is 0 Å². The largest absolute Gasteiger partial charge is 0.389 e. The lowest BCUT2D eigenvalue weighted by molar-refractivity contribution is -0.120. The van der Waals surface area contributed by atoms with Gasteiger partial charge in [-0.1, -0.05) is 28.1 Å². The van der Waals surface area contributed by atoms with Crippen LogP contribution in [-0.4, -0.2) is 24.1 Å². The molecule has 0 saturated carbocycles. The molecular formula is C11H11BrN2O3S2. The van der Waals surface area contributed by atoms with Gasteiger partial charge in [0.05, 0.1) is 5.69 Å². The maximum atomic E-state index is 12.2. The van der Waals surface area contributed by atoms with Crippen molar-refractivity contribution in [1.82, 2.24) is 0 Å². The van der Waals surface area contributed by atoms with Gasteiger partial charge in [-0.2, -0.15) is 0 Å². The number of sulfonamides is 1. The zero-order valence-corrected chi connectivity index (χ0v) is 13.4. The van der Waals surface area contributed by atoms with Crippen LogP contribution in [0.4, 0.5) is 5.69 Å². The molecule has 1 aromatic carbocycles. The number of rotatable bonds is 2. The number of thiocarbonyl (C=S) groups is 1. The minimum Gasteiger partial charge on any atom is -0.389 e. The third-order valence-corrected chi connectivity index (χ3v) is 6.05. The molecule has 0 aromatic heterocycles. The van der Waals surface area contributed by atoms with E-state index in [1.165, 1.54) is 19.9 Å². The molecule has 0 atom stereocenters. The van der Waals surface area contributed by atoms with E-state index >= 15 is 0 Å². The van der Waals surface area contributed by atoms with Crippen LogP contribution in [0.25, 0.3) is 0 Å². The standard InChI is InChI=1S/C11H11BrN2O3S2/c1-11(2)10(15)14(19(11,16)17)8-5-6(12)3-4-7(8)9(13)18/h3-5H,1-2H3,(H2,13,18). The summed E-state index contributed by atoms with van der Waals surface area (Å²) in [5.41, 5.74) is 6.10. The lowest BCUT2D eigenvalue weighted by atomic mass is 10.1. The SMILES string of the molecule is CC1(C)C(=O)N(c2cc(Br)ccc2C(N)=S)S1(=O)=O. The van der Waals surface area contributed by atoms with Crippen LogP contribution in [0.5, 0.6) is 0 Å². The van der Waals surface area contributed by atoms with Gasteiger partial charge in [0.2, 0.25) is 0 Å². The number of amides is 1. The number of carbonyl (C=O) groups is 1. The first-order chi connectivity index (χ1) is 8.60. The molecule has 1 heterocycles. The smallest absolute Gasteiger partial charge is 0.263 e. The fourth-order valence-electron chi connectivity index (χ4n) is 1.77. The third-order valence-electron chi connectivity index (χ3n) is 3.03. The van der Waals surface area contributed by atoms with E-state index in [1.54, 1.807) is 12.1 Å². The van der Waals surface area contributed by atoms with Gasteiger partial charge in [0.1, 0.15) is 4.99 Å². The second-order valence-corrected chi connectivity index (χ2v) is 8.30. The first-order valence-corrected chi connectivity index (χ1v) is 7.93. The number of carbonyl (C=O) groups excluding carboxylic acids is 1. The monoisotopic (exact) mass is 362 g/mol. The Hall–Kier alpha value is -0.990. The summed E-state index contributed by atoms with van der Waals surface area (Å²) >= 11 is 8.12. The van der Waals surface area contributed by atoms with E-state index in [-0.39, 0.29) is 10.7 Å². The van der Waals surface area contributed by atoms with Gasteiger partial charge in [-0.25, -0.2) is 12.7 Å². The van der Waals surface area contributed by atoms with Crippen molar-refractivity contribution in [3.63, 3.8) is 0 Å². The number of halogens is 1. The van der Waals surface area contributed by atoms with Gasteiger partial charge in [0, 0.05) is 10.0 Å². The molecule has 1 saturated heterocycles. The van der Waals surface area contributed by atoms with E-state index in [2.05, 4.69) is 15.9 Å². The zero-order chi connectivity index (χ0) is 14.6. The van der Waals surface area contributed by atoms with Gasteiger partial charge < -0.3 is 5.73 Å². The normalized spacial score (nSPS) is 19.9. The highest BCUT2D eigenvalue weighted by Crippen LogP contribution is 2.41. The van der Waals surface area contributed by atoms with E-state index in [4.69, 9.17) is 18.0 Å². The molecule has 0 bridgehead atoms. The van der Waals surface area contributed by atoms with Crippen LogP contribution in [-0.2, 0) is 14.8 Å². The molecule has 1 aliphatic heterocycles. The molecule has 1 aromatic rings. The lowest BCUT2D eigenvalue weighted by Crippen LogP contribution is -2.68. The number of nitrogens with two attached hydrogens (primary N) is 1. The fourth-order valence-corrected chi connectivity index (χ4v) is 3.79.